The van der Waals surface area contributed by atoms with Gasteiger partial charge in [-0.2, -0.15) is 0 Å². The molecule has 5 nitrogen and oxygen atoms in total. The van der Waals surface area contributed by atoms with E-state index in [9.17, 15) is 8.42 Å². The van der Waals surface area contributed by atoms with Crippen LogP contribution in [0.25, 0.3) is 0 Å². The standard InChI is InChI=1S/C7H12N2O3S2/c1-6(5-10)14(11,12)9-4-7-8-2-3-13-7/h2-3,6,9-10H,4-5H2,1H3. The molecule has 1 aromatic heterocycles. The normalized spacial score (nSPS) is 14.1. The molecule has 2 N–H and O–H groups in total. The van der Waals surface area contributed by atoms with Gasteiger partial charge in [0.15, 0.2) is 0 Å². The lowest BCUT2D eigenvalue weighted by Crippen LogP contribution is -2.34. The highest BCUT2D eigenvalue weighted by molar-refractivity contribution is 7.90. The van der Waals surface area contributed by atoms with Gasteiger partial charge in [-0.15, -0.1) is 11.3 Å². The van der Waals surface area contributed by atoms with Gasteiger partial charge in [-0.25, -0.2) is 18.1 Å². The molecule has 0 aliphatic rings. The minimum Gasteiger partial charge on any atom is -0.395 e. The Labute approximate surface area is 86.9 Å². The highest BCUT2D eigenvalue weighted by Crippen LogP contribution is 2.05. The highest BCUT2D eigenvalue weighted by Gasteiger charge is 2.19. The number of nitrogens with one attached hydrogen (secondary N) is 1. The van der Waals surface area contributed by atoms with E-state index in [1.54, 1.807) is 11.6 Å². The van der Waals surface area contributed by atoms with Crippen LogP contribution in [0.15, 0.2) is 11.6 Å². The first-order valence-corrected chi connectivity index (χ1v) is 6.46. The zero-order valence-electron chi connectivity index (χ0n) is 7.67. The van der Waals surface area contributed by atoms with Crippen LogP contribution in [0.4, 0.5) is 0 Å². The predicted octanol–water partition coefficient (Wildman–Crippen LogP) is -0.0567. The summed E-state index contributed by atoms with van der Waals surface area (Å²) in [5.74, 6) is 0. The quantitative estimate of drug-likeness (QED) is 0.751. The topological polar surface area (TPSA) is 79.3 Å². The largest absolute Gasteiger partial charge is 0.395 e. The second-order valence-corrected chi connectivity index (χ2v) is 5.95. The first kappa shape index (κ1) is 11.6. The summed E-state index contributed by atoms with van der Waals surface area (Å²) in [4.78, 5) is 3.93. The molecule has 0 amide bonds. The fourth-order valence-electron chi connectivity index (χ4n) is 0.743. The minimum atomic E-state index is -3.42. The van der Waals surface area contributed by atoms with Gasteiger partial charge in [0.1, 0.15) is 5.01 Å². The zero-order chi connectivity index (χ0) is 10.6. The fraction of sp³-hybridized carbons (Fsp3) is 0.571. The maximum Gasteiger partial charge on any atom is 0.216 e. The van der Waals surface area contributed by atoms with E-state index in [1.807, 2.05) is 0 Å². The molecule has 1 unspecified atom stereocenters. The number of sulfonamides is 1. The Kier molecular flexibility index (Phi) is 3.99. The van der Waals surface area contributed by atoms with E-state index in [2.05, 4.69) is 9.71 Å². The van der Waals surface area contributed by atoms with Crippen LogP contribution in [0.2, 0.25) is 0 Å². The molecule has 0 bridgehead atoms. The molecule has 14 heavy (non-hydrogen) atoms. The van der Waals surface area contributed by atoms with Gasteiger partial charge in [-0.1, -0.05) is 0 Å². The van der Waals surface area contributed by atoms with Crippen LogP contribution < -0.4 is 4.72 Å². The van der Waals surface area contributed by atoms with Crippen LogP contribution in [0.1, 0.15) is 11.9 Å². The van der Waals surface area contributed by atoms with E-state index in [4.69, 9.17) is 5.11 Å². The molecule has 0 aromatic carbocycles. The fourth-order valence-corrected chi connectivity index (χ4v) is 2.21. The van der Waals surface area contributed by atoms with E-state index < -0.39 is 15.3 Å². The number of hydrogen-bond donors (Lipinski definition) is 2. The summed E-state index contributed by atoms with van der Waals surface area (Å²) in [5, 5.41) is 10.4. The van der Waals surface area contributed by atoms with Crippen LogP contribution >= 0.6 is 11.3 Å². The predicted molar refractivity (Wildman–Crippen MR) is 54.4 cm³/mol. The first-order valence-electron chi connectivity index (χ1n) is 4.04. The first-order chi connectivity index (χ1) is 6.56. The van der Waals surface area contributed by atoms with Crippen molar-refractivity contribution < 1.29 is 13.5 Å². The van der Waals surface area contributed by atoms with Crippen molar-refractivity contribution in [3.8, 4) is 0 Å². The second-order valence-electron chi connectivity index (χ2n) is 2.79. The highest BCUT2D eigenvalue weighted by atomic mass is 32.2. The minimum absolute atomic E-state index is 0.185. The molecule has 1 aromatic rings. The number of hydrogen-bond acceptors (Lipinski definition) is 5. The molecule has 0 radical (unpaired) electrons. The molecule has 7 heteroatoms. The van der Waals surface area contributed by atoms with E-state index in [0.717, 1.165) is 0 Å². The van der Waals surface area contributed by atoms with Gasteiger partial charge < -0.3 is 5.11 Å². The van der Waals surface area contributed by atoms with E-state index in [1.165, 1.54) is 18.3 Å². The van der Waals surface area contributed by atoms with Gasteiger partial charge in [-0.05, 0) is 6.92 Å². The van der Waals surface area contributed by atoms with Gasteiger partial charge in [0, 0.05) is 11.6 Å². The second kappa shape index (κ2) is 4.83. The van der Waals surface area contributed by atoms with Crippen molar-refractivity contribution in [2.24, 2.45) is 0 Å². The van der Waals surface area contributed by atoms with Crippen LogP contribution in [0, 0.1) is 0 Å². The summed E-state index contributed by atoms with van der Waals surface area (Å²) in [5.41, 5.74) is 0. The van der Waals surface area contributed by atoms with Crippen molar-refractivity contribution in [3.63, 3.8) is 0 Å². The summed E-state index contributed by atoms with van der Waals surface area (Å²) in [6, 6.07) is 0. The molecule has 80 valence electrons. The van der Waals surface area contributed by atoms with Crippen molar-refractivity contribution in [2.45, 2.75) is 18.7 Å². The Hall–Kier alpha value is -0.500. The molecule has 0 spiro atoms. The van der Waals surface area contributed by atoms with Crippen LogP contribution in [0.5, 0.6) is 0 Å². The van der Waals surface area contributed by atoms with Crippen LogP contribution in [0.3, 0.4) is 0 Å². The molecule has 0 aliphatic carbocycles. The van der Waals surface area contributed by atoms with E-state index in [0.29, 0.717) is 5.01 Å². The van der Waals surface area contributed by atoms with Crippen molar-refractivity contribution in [1.82, 2.24) is 9.71 Å². The van der Waals surface area contributed by atoms with Crippen molar-refractivity contribution >= 4 is 21.4 Å². The Morgan fingerprint density at radius 1 is 1.71 bits per heavy atom. The molecule has 1 atom stereocenters. The van der Waals surface area contributed by atoms with E-state index >= 15 is 0 Å². The average molecular weight is 236 g/mol. The number of aromatic nitrogens is 1. The lowest BCUT2D eigenvalue weighted by molar-refractivity contribution is 0.294. The van der Waals surface area contributed by atoms with Gasteiger partial charge in [-0.3, -0.25) is 0 Å². The zero-order valence-corrected chi connectivity index (χ0v) is 9.31. The van der Waals surface area contributed by atoms with Gasteiger partial charge in [0.2, 0.25) is 10.0 Å². The van der Waals surface area contributed by atoms with Gasteiger partial charge in [0.05, 0.1) is 18.4 Å². The number of aliphatic hydroxyl groups excluding tert-OH is 1. The van der Waals surface area contributed by atoms with Gasteiger partial charge in [0.25, 0.3) is 0 Å². The SMILES string of the molecule is CC(CO)S(=O)(=O)NCc1nccs1. The molecule has 1 heterocycles. The number of nitrogens with zero attached hydrogens (tertiary/aromatic N) is 1. The Balaban J connectivity index is 2.53. The number of rotatable bonds is 5. The monoisotopic (exact) mass is 236 g/mol. The maximum absolute atomic E-state index is 11.4. The molecule has 0 saturated heterocycles. The third-order valence-corrected chi connectivity index (χ3v) is 4.23. The lowest BCUT2D eigenvalue weighted by atomic mass is 10.5. The van der Waals surface area contributed by atoms with E-state index in [-0.39, 0.29) is 13.2 Å². The summed E-state index contributed by atoms with van der Waals surface area (Å²) in [6.45, 7) is 1.25. The summed E-state index contributed by atoms with van der Waals surface area (Å²) >= 11 is 1.38. The summed E-state index contributed by atoms with van der Waals surface area (Å²) in [7, 11) is -3.42. The molecule has 1 rings (SSSR count). The Morgan fingerprint density at radius 2 is 2.43 bits per heavy atom. The average Bonchev–Trinajstić information content (AvgIpc) is 2.66. The molecule has 0 fully saturated rings. The third kappa shape index (κ3) is 3.02. The van der Waals surface area contributed by atoms with Crippen molar-refractivity contribution in [1.29, 1.82) is 0 Å². The summed E-state index contributed by atoms with van der Waals surface area (Å²) in [6.07, 6.45) is 1.61. The van der Waals surface area contributed by atoms with Crippen LogP contribution in [-0.4, -0.2) is 30.4 Å². The molecule has 0 saturated carbocycles. The van der Waals surface area contributed by atoms with Crippen LogP contribution in [-0.2, 0) is 16.6 Å². The van der Waals surface area contributed by atoms with Crippen molar-refractivity contribution in [2.75, 3.05) is 6.61 Å². The number of aliphatic hydroxyl groups is 1. The molecular formula is C7H12N2O3S2. The smallest absolute Gasteiger partial charge is 0.216 e. The molecule has 0 aliphatic heterocycles. The summed E-state index contributed by atoms with van der Waals surface area (Å²) < 4.78 is 25.1. The molecular weight excluding hydrogens is 224 g/mol. The number of thiazole rings is 1. The third-order valence-electron chi connectivity index (χ3n) is 1.69. The Bertz CT molecular complexity index is 360. The Morgan fingerprint density at radius 3 is 2.93 bits per heavy atom. The lowest BCUT2D eigenvalue weighted by Gasteiger charge is -2.09. The maximum atomic E-state index is 11.4. The van der Waals surface area contributed by atoms with Gasteiger partial charge >= 0.3 is 0 Å². The van der Waals surface area contributed by atoms with Crippen molar-refractivity contribution in [3.05, 3.63) is 16.6 Å².